The van der Waals surface area contributed by atoms with Gasteiger partial charge in [-0.05, 0) is 42.8 Å². The fraction of sp³-hybridized carbons (Fsp3) is 0.368. The predicted octanol–water partition coefficient (Wildman–Crippen LogP) is 2.55. The highest BCUT2D eigenvalue weighted by molar-refractivity contribution is 7.91. The number of esters is 1. The highest BCUT2D eigenvalue weighted by Gasteiger charge is 2.34. The third-order valence-corrected chi connectivity index (χ3v) is 8.09. The maximum atomic E-state index is 12.7. The summed E-state index contributed by atoms with van der Waals surface area (Å²) in [7, 11) is -3.65. The van der Waals surface area contributed by atoms with Crippen LogP contribution < -0.4 is 5.32 Å². The first-order valence-electron chi connectivity index (χ1n) is 9.43. The number of carbonyl (C=O) groups is 2. The number of nitrogens with zero attached hydrogens (tertiary/aromatic N) is 2. The topological polar surface area (TPSA) is 136 Å². The minimum Gasteiger partial charge on any atom is -0.455 e. The molecule has 1 amide bonds. The van der Waals surface area contributed by atoms with E-state index >= 15 is 0 Å². The Kier molecular flexibility index (Phi) is 7.03. The summed E-state index contributed by atoms with van der Waals surface area (Å²) in [4.78, 5) is 34.8. The lowest BCUT2D eigenvalue weighted by Crippen LogP contribution is -2.42. The summed E-state index contributed by atoms with van der Waals surface area (Å²) in [5.41, 5.74) is 0.773. The predicted molar refractivity (Wildman–Crippen MR) is 113 cm³/mol. The molecular weight excluding hydrogens is 446 g/mol. The van der Waals surface area contributed by atoms with Gasteiger partial charge in [0.15, 0.2) is 6.61 Å². The molecule has 0 saturated carbocycles. The number of non-ortho nitro benzene ring substituents is 1. The molecule has 1 fully saturated rings. The van der Waals surface area contributed by atoms with E-state index in [1.54, 1.807) is 18.4 Å². The van der Waals surface area contributed by atoms with Crippen LogP contribution in [0.3, 0.4) is 0 Å². The van der Waals surface area contributed by atoms with Crippen LogP contribution in [0.2, 0.25) is 0 Å². The average Bonchev–Trinajstić information content (AvgIpc) is 3.29. The SMILES string of the molecule is Cc1cc([N+](=O)[O-])ccc1NC(=O)COC(=O)C1CCCN(S(=O)(=O)c2cccs2)C1. The number of thiophene rings is 1. The summed E-state index contributed by atoms with van der Waals surface area (Å²) in [6, 6.07) is 7.16. The third-order valence-electron chi connectivity index (χ3n) is 4.85. The highest BCUT2D eigenvalue weighted by Crippen LogP contribution is 2.27. The number of hydrogen-bond acceptors (Lipinski definition) is 8. The molecule has 166 valence electrons. The molecule has 12 heteroatoms. The molecule has 1 unspecified atom stereocenters. The normalized spacial score (nSPS) is 17.1. The van der Waals surface area contributed by atoms with E-state index in [4.69, 9.17) is 4.74 Å². The van der Waals surface area contributed by atoms with Crippen LogP contribution in [-0.4, -0.2) is 49.2 Å². The van der Waals surface area contributed by atoms with E-state index in [1.807, 2.05) is 0 Å². The van der Waals surface area contributed by atoms with Crippen LogP contribution in [0.15, 0.2) is 39.9 Å². The lowest BCUT2D eigenvalue weighted by atomic mass is 10.00. The summed E-state index contributed by atoms with van der Waals surface area (Å²) in [6.07, 6.45) is 0.983. The van der Waals surface area contributed by atoms with Gasteiger partial charge in [-0.1, -0.05) is 6.07 Å². The number of amides is 1. The number of sulfonamides is 1. The second-order valence-corrected chi connectivity index (χ2v) is 10.2. The van der Waals surface area contributed by atoms with Gasteiger partial charge in [0, 0.05) is 30.9 Å². The maximum absolute atomic E-state index is 12.7. The van der Waals surface area contributed by atoms with Gasteiger partial charge in [0.2, 0.25) is 0 Å². The molecule has 1 aliphatic rings. The number of nitrogens with one attached hydrogen (secondary N) is 1. The summed E-state index contributed by atoms with van der Waals surface area (Å²) < 4.78 is 31.9. The Hall–Kier alpha value is -2.83. The Bertz CT molecular complexity index is 1080. The number of nitro groups is 1. The van der Waals surface area contributed by atoms with Crippen LogP contribution in [0.4, 0.5) is 11.4 Å². The zero-order chi connectivity index (χ0) is 22.6. The van der Waals surface area contributed by atoms with Crippen LogP contribution >= 0.6 is 11.3 Å². The van der Waals surface area contributed by atoms with Crippen molar-refractivity contribution in [1.29, 1.82) is 0 Å². The van der Waals surface area contributed by atoms with E-state index in [2.05, 4.69) is 5.32 Å². The van der Waals surface area contributed by atoms with Crippen molar-refractivity contribution in [3.63, 3.8) is 0 Å². The first kappa shape index (κ1) is 22.8. The van der Waals surface area contributed by atoms with Gasteiger partial charge in [-0.25, -0.2) is 8.42 Å². The van der Waals surface area contributed by atoms with Gasteiger partial charge in [-0.15, -0.1) is 11.3 Å². The van der Waals surface area contributed by atoms with Crippen LogP contribution in [-0.2, 0) is 24.3 Å². The molecule has 1 aromatic heterocycles. The molecule has 1 saturated heterocycles. The average molecular weight is 468 g/mol. The van der Waals surface area contributed by atoms with E-state index in [-0.39, 0.29) is 16.4 Å². The zero-order valence-corrected chi connectivity index (χ0v) is 18.3. The molecule has 2 aromatic rings. The molecule has 1 aromatic carbocycles. The molecule has 10 nitrogen and oxygen atoms in total. The fourth-order valence-electron chi connectivity index (χ4n) is 3.23. The van der Waals surface area contributed by atoms with Crippen molar-refractivity contribution >= 4 is 44.6 Å². The molecule has 3 rings (SSSR count). The Balaban J connectivity index is 1.54. The summed E-state index contributed by atoms with van der Waals surface area (Å²) in [6.45, 7) is 1.40. The van der Waals surface area contributed by atoms with E-state index < -0.39 is 39.3 Å². The Labute approximate surface area is 183 Å². The Morgan fingerprint density at radius 1 is 1.35 bits per heavy atom. The largest absolute Gasteiger partial charge is 0.455 e. The summed E-state index contributed by atoms with van der Waals surface area (Å²) in [5.74, 6) is -1.89. The van der Waals surface area contributed by atoms with Crippen LogP contribution in [0.1, 0.15) is 18.4 Å². The molecule has 31 heavy (non-hydrogen) atoms. The molecule has 0 bridgehead atoms. The van der Waals surface area contributed by atoms with Gasteiger partial charge >= 0.3 is 5.97 Å². The molecule has 0 aliphatic carbocycles. The Morgan fingerprint density at radius 3 is 2.77 bits per heavy atom. The number of nitro benzene ring substituents is 1. The zero-order valence-electron chi connectivity index (χ0n) is 16.6. The minimum absolute atomic E-state index is 0.00213. The lowest BCUT2D eigenvalue weighted by Gasteiger charge is -2.30. The first-order chi connectivity index (χ1) is 14.7. The number of hydrogen-bond donors (Lipinski definition) is 1. The van der Waals surface area contributed by atoms with Crippen molar-refractivity contribution in [1.82, 2.24) is 4.31 Å². The van der Waals surface area contributed by atoms with Crippen molar-refractivity contribution in [2.24, 2.45) is 5.92 Å². The van der Waals surface area contributed by atoms with E-state index in [0.717, 1.165) is 11.3 Å². The van der Waals surface area contributed by atoms with Crippen molar-refractivity contribution in [3.05, 3.63) is 51.4 Å². The quantitative estimate of drug-likeness (QED) is 0.375. The third kappa shape index (κ3) is 5.46. The van der Waals surface area contributed by atoms with Gasteiger partial charge in [0.1, 0.15) is 4.21 Å². The van der Waals surface area contributed by atoms with Gasteiger partial charge in [0.05, 0.1) is 10.8 Å². The van der Waals surface area contributed by atoms with Gasteiger partial charge in [0.25, 0.3) is 21.6 Å². The number of ether oxygens (including phenoxy) is 1. The van der Waals surface area contributed by atoms with Gasteiger partial charge in [-0.3, -0.25) is 19.7 Å². The monoisotopic (exact) mass is 467 g/mol. The second-order valence-electron chi connectivity index (χ2n) is 7.05. The van der Waals surface area contributed by atoms with Gasteiger partial charge in [-0.2, -0.15) is 4.31 Å². The number of anilines is 1. The smallest absolute Gasteiger partial charge is 0.310 e. The molecule has 1 N–H and O–H groups in total. The Morgan fingerprint density at radius 2 is 2.13 bits per heavy atom. The molecule has 2 heterocycles. The van der Waals surface area contributed by atoms with Crippen LogP contribution in [0, 0.1) is 23.0 Å². The van der Waals surface area contributed by atoms with Crippen molar-refractivity contribution < 1.29 is 27.7 Å². The number of piperidine rings is 1. The van der Waals surface area contributed by atoms with Crippen molar-refractivity contribution in [2.75, 3.05) is 25.0 Å². The molecule has 0 spiro atoms. The molecule has 0 radical (unpaired) electrons. The van der Waals surface area contributed by atoms with Crippen LogP contribution in [0.25, 0.3) is 0 Å². The number of benzene rings is 1. The van der Waals surface area contributed by atoms with E-state index in [9.17, 15) is 28.1 Å². The highest BCUT2D eigenvalue weighted by atomic mass is 32.2. The lowest BCUT2D eigenvalue weighted by molar-refractivity contribution is -0.384. The summed E-state index contributed by atoms with van der Waals surface area (Å²) in [5, 5.41) is 15.0. The standard InChI is InChI=1S/C19H21N3O7S2/c1-13-10-15(22(25)26)6-7-16(13)20-17(23)12-29-19(24)14-4-2-8-21(11-14)31(27,28)18-5-3-9-30-18/h3,5-7,9-10,14H,2,4,8,11-12H2,1H3,(H,20,23). The van der Waals surface area contributed by atoms with Gasteiger partial charge < -0.3 is 10.1 Å². The number of carbonyl (C=O) groups excluding carboxylic acids is 2. The van der Waals surface area contributed by atoms with Crippen LogP contribution in [0.5, 0.6) is 0 Å². The summed E-state index contributed by atoms with van der Waals surface area (Å²) >= 11 is 1.12. The minimum atomic E-state index is -3.65. The second kappa shape index (κ2) is 9.54. The molecule has 1 aliphatic heterocycles. The maximum Gasteiger partial charge on any atom is 0.310 e. The number of aryl methyl sites for hydroxylation is 1. The molecule has 1 atom stereocenters. The fourth-order valence-corrected chi connectivity index (χ4v) is 5.90. The van der Waals surface area contributed by atoms with Crippen molar-refractivity contribution in [3.8, 4) is 0 Å². The van der Waals surface area contributed by atoms with E-state index in [0.29, 0.717) is 30.6 Å². The van der Waals surface area contributed by atoms with Crippen molar-refractivity contribution in [2.45, 2.75) is 24.0 Å². The first-order valence-corrected chi connectivity index (χ1v) is 11.8. The van der Waals surface area contributed by atoms with E-state index in [1.165, 1.54) is 28.6 Å². The molecular formula is C19H21N3O7S2. The number of rotatable bonds is 7.